The quantitative estimate of drug-likeness (QED) is 0.592. The number of benzene rings is 2. The fraction of sp³-hybridized carbons (Fsp3) is 0.176. The first-order chi connectivity index (χ1) is 10.1. The van der Waals surface area contributed by atoms with Gasteiger partial charge in [-0.1, -0.05) is 48.5 Å². The van der Waals surface area contributed by atoms with Crippen LogP contribution in [0.3, 0.4) is 0 Å². The van der Waals surface area contributed by atoms with Gasteiger partial charge in [-0.05, 0) is 17.5 Å². The van der Waals surface area contributed by atoms with Gasteiger partial charge in [0.2, 0.25) is 0 Å². The molecule has 0 unspecified atom stereocenters. The highest BCUT2D eigenvalue weighted by atomic mass is 35.5. The lowest BCUT2D eigenvalue weighted by Gasteiger charge is -2.04. The Labute approximate surface area is 133 Å². The molecule has 0 aliphatic heterocycles. The summed E-state index contributed by atoms with van der Waals surface area (Å²) in [4.78, 5) is 22.9. The Bertz CT molecular complexity index is 573. The first-order valence-corrected chi connectivity index (χ1v) is 7.57. The molecule has 21 heavy (non-hydrogen) atoms. The maximum atomic E-state index is 11.4. The summed E-state index contributed by atoms with van der Waals surface area (Å²) in [5.74, 6) is -0.163. The van der Waals surface area contributed by atoms with E-state index in [1.807, 2.05) is 24.3 Å². The Balaban J connectivity index is 2.08. The highest BCUT2D eigenvalue weighted by Crippen LogP contribution is 2.13. The molecular weight excluding hydrogens is 307 g/mol. The summed E-state index contributed by atoms with van der Waals surface area (Å²) in [7, 11) is 0. The van der Waals surface area contributed by atoms with Crippen molar-refractivity contribution in [2.45, 2.75) is 6.42 Å². The van der Waals surface area contributed by atoms with Crippen molar-refractivity contribution in [1.29, 1.82) is 0 Å². The minimum Gasteiger partial charge on any atom is -0.293 e. The van der Waals surface area contributed by atoms with Crippen molar-refractivity contribution in [3.63, 3.8) is 0 Å². The molecule has 0 spiro atoms. The lowest BCUT2D eigenvalue weighted by molar-refractivity contribution is 0.101. The van der Waals surface area contributed by atoms with Crippen LogP contribution in [0, 0.1) is 0 Å². The maximum absolute atomic E-state index is 11.4. The Morgan fingerprint density at radius 3 is 1.29 bits per heavy atom. The van der Waals surface area contributed by atoms with Crippen molar-refractivity contribution in [3.8, 4) is 0 Å². The minimum atomic E-state index is -0.0767. The third-order valence-electron chi connectivity index (χ3n) is 3.20. The second-order valence-corrected chi connectivity index (χ2v) is 5.22. The summed E-state index contributed by atoms with van der Waals surface area (Å²) in [6.07, 6.45) is 0.741. The van der Waals surface area contributed by atoms with E-state index in [0.717, 1.165) is 17.5 Å². The van der Waals surface area contributed by atoms with Gasteiger partial charge in [0.25, 0.3) is 0 Å². The molecular formula is C17H14Cl2O2. The number of hydrogen-bond donors (Lipinski definition) is 0. The van der Waals surface area contributed by atoms with Gasteiger partial charge < -0.3 is 0 Å². The summed E-state index contributed by atoms with van der Waals surface area (Å²) in [5.41, 5.74) is 3.43. The zero-order chi connectivity index (χ0) is 15.2. The van der Waals surface area contributed by atoms with Crippen molar-refractivity contribution >= 4 is 34.8 Å². The molecule has 0 saturated carbocycles. The highest BCUT2D eigenvalue weighted by Gasteiger charge is 2.05. The molecule has 0 bridgehead atoms. The van der Waals surface area contributed by atoms with Crippen LogP contribution in [0.15, 0.2) is 48.5 Å². The molecule has 0 aromatic heterocycles. The van der Waals surface area contributed by atoms with Gasteiger partial charge >= 0.3 is 0 Å². The van der Waals surface area contributed by atoms with Gasteiger partial charge in [-0.3, -0.25) is 9.59 Å². The maximum Gasteiger partial charge on any atom is 0.177 e. The lowest BCUT2D eigenvalue weighted by atomic mass is 10.0. The summed E-state index contributed by atoms with van der Waals surface area (Å²) in [5, 5.41) is 0. The van der Waals surface area contributed by atoms with E-state index in [2.05, 4.69) is 0 Å². The third-order valence-corrected chi connectivity index (χ3v) is 3.69. The molecule has 2 aromatic rings. The van der Waals surface area contributed by atoms with E-state index < -0.39 is 0 Å². The first-order valence-electron chi connectivity index (χ1n) is 6.50. The minimum absolute atomic E-state index is 0.00455. The number of halogens is 2. The van der Waals surface area contributed by atoms with E-state index in [1.165, 1.54) is 0 Å². The number of carbonyl (C=O) groups excluding carboxylic acids is 2. The Morgan fingerprint density at radius 2 is 1.00 bits per heavy atom. The van der Waals surface area contributed by atoms with Crippen LogP contribution < -0.4 is 0 Å². The normalized spacial score (nSPS) is 10.4. The average molecular weight is 321 g/mol. The molecule has 0 N–H and O–H groups in total. The van der Waals surface area contributed by atoms with Gasteiger partial charge in [0.05, 0.1) is 11.8 Å². The fourth-order valence-electron chi connectivity index (χ4n) is 2.01. The van der Waals surface area contributed by atoms with E-state index >= 15 is 0 Å². The second-order valence-electron chi connectivity index (χ2n) is 4.68. The largest absolute Gasteiger partial charge is 0.293 e. The molecule has 4 heteroatoms. The molecule has 0 atom stereocenters. The van der Waals surface area contributed by atoms with Crippen molar-refractivity contribution in [1.82, 2.24) is 0 Å². The summed E-state index contributed by atoms with van der Waals surface area (Å²) in [6.45, 7) is 0. The zero-order valence-electron chi connectivity index (χ0n) is 11.3. The number of ketones is 2. The van der Waals surface area contributed by atoms with Gasteiger partial charge in [-0.2, -0.15) is 0 Å². The van der Waals surface area contributed by atoms with Crippen molar-refractivity contribution < 1.29 is 9.59 Å². The van der Waals surface area contributed by atoms with E-state index in [1.54, 1.807) is 24.3 Å². The molecule has 2 nitrogen and oxygen atoms in total. The van der Waals surface area contributed by atoms with Crippen LogP contribution in [0.1, 0.15) is 31.8 Å². The highest BCUT2D eigenvalue weighted by molar-refractivity contribution is 6.30. The van der Waals surface area contributed by atoms with E-state index in [-0.39, 0.29) is 23.3 Å². The van der Waals surface area contributed by atoms with Crippen molar-refractivity contribution in [2.24, 2.45) is 0 Å². The van der Waals surface area contributed by atoms with Gasteiger partial charge in [0.15, 0.2) is 11.6 Å². The van der Waals surface area contributed by atoms with Crippen LogP contribution in [0.25, 0.3) is 0 Å². The monoisotopic (exact) mass is 320 g/mol. The van der Waals surface area contributed by atoms with E-state index in [9.17, 15) is 9.59 Å². The van der Waals surface area contributed by atoms with Crippen LogP contribution in [-0.4, -0.2) is 23.3 Å². The lowest BCUT2D eigenvalue weighted by Crippen LogP contribution is -2.01. The van der Waals surface area contributed by atoms with Gasteiger partial charge in [0, 0.05) is 11.1 Å². The molecule has 2 aromatic carbocycles. The molecule has 0 aliphatic carbocycles. The number of rotatable bonds is 6. The predicted molar refractivity (Wildman–Crippen MR) is 85.8 cm³/mol. The first kappa shape index (κ1) is 15.7. The van der Waals surface area contributed by atoms with Crippen LogP contribution in [-0.2, 0) is 6.42 Å². The fourth-order valence-corrected chi connectivity index (χ4v) is 2.32. The van der Waals surface area contributed by atoms with Crippen LogP contribution >= 0.6 is 23.2 Å². The van der Waals surface area contributed by atoms with Crippen LogP contribution in [0.4, 0.5) is 0 Å². The molecule has 0 fully saturated rings. The van der Waals surface area contributed by atoms with Crippen LogP contribution in [0.2, 0.25) is 0 Å². The molecule has 0 aliphatic rings. The number of Topliss-reactive ketones (excluding diaryl/α,β-unsaturated/α-hetero) is 2. The molecule has 0 saturated heterocycles. The number of alkyl halides is 2. The molecule has 0 amide bonds. The summed E-state index contributed by atoms with van der Waals surface area (Å²) >= 11 is 11.0. The Hall–Kier alpha value is -1.64. The average Bonchev–Trinajstić information content (AvgIpc) is 2.55. The van der Waals surface area contributed by atoms with Crippen molar-refractivity contribution in [3.05, 3.63) is 70.8 Å². The van der Waals surface area contributed by atoms with Crippen molar-refractivity contribution in [2.75, 3.05) is 11.8 Å². The van der Waals surface area contributed by atoms with E-state index in [0.29, 0.717) is 11.1 Å². The Kier molecular flexibility index (Phi) is 5.54. The van der Waals surface area contributed by atoms with Gasteiger partial charge in [0.1, 0.15) is 0 Å². The Morgan fingerprint density at radius 1 is 0.667 bits per heavy atom. The van der Waals surface area contributed by atoms with E-state index in [4.69, 9.17) is 23.2 Å². The summed E-state index contributed by atoms with van der Waals surface area (Å²) < 4.78 is 0. The third kappa shape index (κ3) is 4.16. The predicted octanol–water partition coefficient (Wildman–Crippen LogP) is 4.12. The van der Waals surface area contributed by atoms with Gasteiger partial charge in [-0.25, -0.2) is 0 Å². The SMILES string of the molecule is O=C(CCl)c1ccc(Cc2ccc(C(=O)CCl)cc2)cc1. The number of hydrogen-bond acceptors (Lipinski definition) is 2. The van der Waals surface area contributed by atoms with Gasteiger partial charge in [-0.15, -0.1) is 23.2 Å². The number of carbonyl (C=O) groups is 2. The molecule has 0 heterocycles. The summed E-state index contributed by atoms with van der Waals surface area (Å²) in [6, 6.07) is 14.8. The van der Waals surface area contributed by atoms with Crippen LogP contribution in [0.5, 0.6) is 0 Å². The second kappa shape index (κ2) is 7.39. The molecule has 0 radical (unpaired) electrons. The topological polar surface area (TPSA) is 34.1 Å². The standard InChI is InChI=1S/C17H14Cl2O2/c18-10-16(20)14-5-1-12(2-6-14)9-13-3-7-15(8-4-13)17(21)11-19/h1-8H,9-11H2. The smallest absolute Gasteiger partial charge is 0.177 e. The molecule has 2 rings (SSSR count). The zero-order valence-corrected chi connectivity index (χ0v) is 12.8. The molecule has 108 valence electrons.